The fourth-order valence-corrected chi connectivity index (χ4v) is 1.40. The van der Waals surface area contributed by atoms with Gasteiger partial charge in [0.2, 0.25) is 0 Å². The molecule has 0 spiro atoms. The zero-order valence-electron chi connectivity index (χ0n) is 7.59. The maximum absolute atomic E-state index is 3.71. The summed E-state index contributed by atoms with van der Waals surface area (Å²) in [5.41, 5.74) is 2.43. The predicted octanol–water partition coefficient (Wildman–Crippen LogP) is 3.06. The second kappa shape index (κ2) is 3.92. The first-order valence-electron chi connectivity index (χ1n) is 4.07. The summed E-state index contributed by atoms with van der Waals surface area (Å²) in [6, 6.07) is 10.4. The molecule has 1 aromatic carbocycles. The van der Waals surface area contributed by atoms with Gasteiger partial charge >= 0.3 is 0 Å². The molecular weight excluding hydrogens is 160 g/mol. The van der Waals surface area contributed by atoms with Crippen molar-refractivity contribution in [2.75, 3.05) is 0 Å². The standard InChI is InChI=1S/C11H11N.H3N/c1-2-5-10-8-9-6-3-4-7-11(9)12-10;/h2-4,6-8,12H,1,5H2;1H3. The summed E-state index contributed by atoms with van der Waals surface area (Å²) in [4.78, 5) is 3.33. The zero-order chi connectivity index (χ0) is 8.39. The van der Waals surface area contributed by atoms with Gasteiger partial charge in [0.15, 0.2) is 0 Å². The highest BCUT2D eigenvalue weighted by Crippen LogP contribution is 2.14. The predicted molar refractivity (Wildman–Crippen MR) is 57.2 cm³/mol. The molecule has 0 aliphatic heterocycles. The van der Waals surface area contributed by atoms with Crippen LogP contribution in [0.4, 0.5) is 0 Å². The topological polar surface area (TPSA) is 50.8 Å². The van der Waals surface area contributed by atoms with Gasteiger partial charge in [-0.1, -0.05) is 24.3 Å². The molecule has 2 aromatic rings. The maximum Gasteiger partial charge on any atom is 0.0456 e. The molecule has 0 aliphatic rings. The van der Waals surface area contributed by atoms with E-state index in [2.05, 4.69) is 29.8 Å². The molecule has 0 amide bonds. The Balaban J connectivity index is 0.000000845. The molecule has 0 aliphatic carbocycles. The van der Waals surface area contributed by atoms with Gasteiger partial charge < -0.3 is 11.1 Å². The number of para-hydroxylation sites is 1. The van der Waals surface area contributed by atoms with Crippen LogP contribution in [0.25, 0.3) is 10.9 Å². The molecule has 0 saturated carbocycles. The van der Waals surface area contributed by atoms with Crippen LogP contribution in [-0.2, 0) is 6.42 Å². The fourth-order valence-electron chi connectivity index (χ4n) is 1.40. The maximum atomic E-state index is 3.71. The van der Waals surface area contributed by atoms with E-state index in [0.717, 1.165) is 6.42 Å². The van der Waals surface area contributed by atoms with E-state index in [-0.39, 0.29) is 6.15 Å². The van der Waals surface area contributed by atoms with Gasteiger partial charge in [0.25, 0.3) is 0 Å². The summed E-state index contributed by atoms with van der Waals surface area (Å²) in [6.07, 6.45) is 2.82. The van der Waals surface area contributed by atoms with Crippen LogP contribution in [0.1, 0.15) is 5.69 Å². The van der Waals surface area contributed by atoms with Crippen molar-refractivity contribution in [3.63, 3.8) is 0 Å². The number of aromatic amines is 1. The van der Waals surface area contributed by atoms with Crippen molar-refractivity contribution in [2.45, 2.75) is 6.42 Å². The lowest BCUT2D eigenvalue weighted by atomic mass is 10.2. The first-order valence-corrected chi connectivity index (χ1v) is 4.07. The van der Waals surface area contributed by atoms with Crippen LogP contribution in [0, 0.1) is 0 Å². The van der Waals surface area contributed by atoms with Crippen LogP contribution >= 0.6 is 0 Å². The van der Waals surface area contributed by atoms with E-state index < -0.39 is 0 Å². The average molecular weight is 174 g/mol. The largest absolute Gasteiger partial charge is 0.358 e. The Morgan fingerprint density at radius 2 is 2.08 bits per heavy atom. The van der Waals surface area contributed by atoms with Crippen molar-refractivity contribution < 1.29 is 0 Å². The number of nitrogens with one attached hydrogen (secondary N) is 1. The first-order chi connectivity index (χ1) is 5.90. The molecule has 0 radical (unpaired) electrons. The Morgan fingerprint density at radius 3 is 2.77 bits per heavy atom. The summed E-state index contributed by atoms with van der Waals surface area (Å²) in [5, 5.41) is 1.27. The third kappa shape index (κ3) is 1.79. The van der Waals surface area contributed by atoms with E-state index in [1.807, 2.05) is 18.2 Å². The number of benzene rings is 1. The van der Waals surface area contributed by atoms with Crippen LogP contribution in [-0.4, -0.2) is 4.98 Å². The van der Waals surface area contributed by atoms with Crippen molar-refractivity contribution in [2.24, 2.45) is 0 Å². The Labute approximate surface area is 77.9 Å². The molecule has 2 heteroatoms. The van der Waals surface area contributed by atoms with E-state index in [0.29, 0.717) is 0 Å². The molecule has 0 atom stereocenters. The lowest BCUT2D eigenvalue weighted by Gasteiger charge is -1.86. The van der Waals surface area contributed by atoms with Gasteiger partial charge in [0.05, 0.1) is 0 Å². The summed E-state index contributed by atoms with van der Waals surface area (Å²) in [7, 11) is 0. The third-order valence-corrected chi connectivity index (χ3v) is 1.95. The summed E-state index contributed by atoms with van der Waals surface area (Å²) in [5.74, 6) is 0. The minimum atomic E-state index is 0. The molecule has 13 heavy (non-hydrogen) atoms. The Bertz CT molecular complexity index is 368. The van der Waals surface area contributed by atoms with Crippen molar-refractivity contribution in [1.82, 2.24) is 11.1 Å². The molecule has 1 aromatic heterocycles. The van der Waals surface area contributed by atoms with E-state index in [1.54, 1.807) is 0 Å². The SMILES string of the molecule is C=CCc1cc2ccccc2[nH]1.N. The third-order valence-electron chi connectivity index (χ3n) is 1.95. The van der Waals surface area contributed by atoms with Crippen molar-refractivity contribution >= 4 is 10.9 Å². The Morgan fingerprint density at radius 1 is 1.31 bits per heavy atom. The van der Waals surface area contributed by atoms with Gasteiger partial charge in [-0.2, -0.15) is 0 Å². The normalized spacial score (nSPS) is 9.54. The van der Waals surface area contributed by atoms with Crippen molar-refractivity contribution in [3.05, 3.63) is 48.7 Å². The fraction of sp³-hybridized carbons (Fsp3) is 0.0909. The highest BCUT2D eigenvalue weighted by molar-refractivity contribution is 5.80. The summed E-state index contributed by atoms with van der Waals surface area (Å²) < 4.78 is 0. The molecule has 1 heterocycles. The van der Waals surface area contributed by atoms with Crippen LogP contribution in [0.15, 0.2) is 43.0 Å². The number of hydrogen-bond donors (Lipinski definition) is 2. The van der Waals surface area contributed by atoms with E-state index in [4.69, 9.17) is 0 Å². The molecule has 68 valence electrons. The minimum absolute atomic E-state index is 0. The lowest BCUT2D eigenvalue weighted by molar-refractivity contribution is 1.17. The van der Waals surface area contributed by atoms with Gasteiger partial charge in [-0.05, 0) is 17.5 Å². The van der Waals surface area contributed by atoms with Crippen molar-refractivity contribution in [3.8, 4) is 0 Å². The van der Waals surface area contributed by atoms with Crippen LogP contribution in [0.2, 0.25) is 0 Å². The number of rotatable bonds is 2. The second-order valence-electron chi connectivity index (χ2n) is 2.87. The highest BCUT2D eigenvalue weighted by atomic mass is 14.7. The van der Waals surface area contributed by atoms with Crippen LogP contribution in [0.3, 0.4) is 0 Å². The van der Waals surface area contributed by atoms with Gasteiger partial charge in [-0.25, -0.2) is 0 Å². The zero-order valence-corrected chi connectivity index (χ0v) is 7.59. The number of allylic oxidation sites excluding steroid dienone is 1. The molecule has 0 saturated heterocycles. The smallest absolute Gasteiger partial charge is 0.0456 e. The molecule has 2 nitrogen and oxygen atoms in total. The summed E-state index contributed by atoms with van der Waals surface area (Å²) in [6.45, 7) is 3.71. The van der Waals surface area contributed by atoms with Gasteiger partial charge in [-0.3, -0.25) is 0 Å². The number of aromatic nitrogens is 1. The Kier molecular flexibility index (Phi) is 2.88. The number of fused-ring (bicyclic) bond motifs is 1. The molecule has 0 fully saturated rings. The average Bonchev–Trinajstić information content (AvgIpc) is 2.47. The number of H-pyrrole nitrogens is 1. The number of hydrogen-bond acceptors (Lipinski definition) is 1. The lowest BCUT2D eigenvalue weighted by Crippen LogP contribution is -1.76. The van der Waals surface area contributed by atoms with Crippen LogP contribution in [0.5, 0.6) is 0 Å². The van der Waals surface area contributed by atoms with Crippen LogP contribution < -0.4 is 6.15 Å². The van der Waals surface area contributed by atoms with Gasteiger partial charge in [0.1, 0.15) is 0 Å². The molecule has 4 N–H and O–H groups in total. The minimum Gasteiger partial charge on any atom is -0.358 e. The quantitative estimate of drug-likeness (QED) is 0.675. The molecular formula is C11H14N2. The second-order valence-corrected chi connectivity index (χ2v) is 2.87. The van der Waals surface area contributed by atoms with Crippen molar-refractivity contribution in [1.29, 1.82) is 0 Å². The molecule has 2 rings (SSSR count). The van der Waals surface area contributed by atoms with E-state index in [9.17, 15) is 0 Å². The van der Waals surface area contributed by atoms with E-state index >= 15 is 0 Å². The highest BCUT2D eigenvalue weighted by Gasteiger charge is 1.96. The van der Waals surface area contributed by atoms with Gasteiger partial charge in [-0.15, -0.1) is 6.58 Å². The first kappa shape index (κ1) is 9.55. The Hall–Kier alpha value is -1.54. The molecule has 0 bridgehead atoms. The van der Waals surface area contributed by atoms with Gasteiger partial charge in [0, 0.05) is 17.6 Å². The molecule has 0 unspecified atom stereocenters. The summed E-state index contributed by atoms with van der Waals surface area (Å²) >= 11 is 0. The monoisotopic (exact) mass is 174 g/mol. The van der Waals surface area contributed by atoms with E-state index in [1.165, 1.54) is 16.6 Å².